The number of carboxylic acids is 1. The molecule has 0 aliphatic carbocycles. The number of aliphatic carboxylic acids is 1. The third kappa shape index (κ3) is 3.05. The molecule has 2 aliphatic heterocycles. The first kappa shape index (κ1) is 19.2. The van der Waals surface area contributed by atoms with Gasteiger partial charge in [0.25, 0.3) is 5.56 Å². The van der Waals surface area contributed by atoms with Crippen molar-refractivity contribution in [3.8, 4) is 0 Å². The number of aliphatic hydroxyl groups excluding tert-OH is 1. The number of benzene rings is 1. The molecule has 1 fully saturated rings. The Kier molecular flexibility index (Phi) is 5.02. The zero-order valence-corrected chi connectivity index (χ0v) is 16.4. The van der Waals surface area contributed by atoms with Crippen LogP contribution in [0.4, 0.5) is 0 Å². The van der Waals surface area contributed by atoms with Crippen molar-refractivity contribution in [1.82, 2.24) is 9.47 Å². The Hall–Kier alpha value is -2.18. The summed E-state index contributed by atoms with van der Waals surface area (Å²) in [6, 6.07) is 7.91. The molecule has 2 N–H and O–H groups in total. The van der Waals surface area contributed by atoms with Crippen molar-refractivity contribution in [2.45, 2.75) is 58.2 Å². The minimum atomic E-state index is -1.13. The van der Waals surface area contributed by atoms with E-state index >= 15 is 0 Å². The van der Waals surface area contributed by atoms with Gasteiger partial charge in [0.1, 0.15) is 5.41 Å². The zero-order valence-electron chi connectivity index (χ0n) is 16.4. The minimum Gasteiger partial charge on any atom is -0.481 e. The first-order chi connectivity index (χ1) is 13.5. The largest absolute Gasteiger partial charge is 0.481 e. The lowest BCUT2D eigenvalue weighted by Gasteiger charge is -2.43. The number of hydrogen-bond acceptors (Lipinski definition) is 4. The van der Waals surface area contributed by atoms with Crippen molar-refractivity contribution in [2.24, 2.45) is 5.41 Å². The quantitative estimate of drug-likeness (QED) is 0.827. The van der Waals surface area contributed by atoms with Crippen molar-refractivity contribution < 1.29 is 15.0 Å². The number of aryl methyl sites for hydroxylation is 2. The molecule has 0 saturated carbocycles. The average Bonchev–Trinajstić information content (AvgIpc) is 2.68. The van der Waals surface area contributed by atoms with Crippen molar-refractivity contribution in [2.75, 3.05) is 13.1 Å². The maximum atomic E-state index is 12.7. The molecule has 2 aromatic rings. The van der Waals surface area contributed by atoms with E-state index < -0.39 is 17.5 Å². The number of likely N-dealkylation sites (tertiary alicyclic amines) is 1. The molecular formula is C22H28N2O4. The van der Waals surface area contributed by atoms with E-state index in [0.717, 1.165) is 35.9 Å². The highest BCUT2D eigenvalue weighted by molar-refractivity contribution is 5.86. The smallest absolute Gasteiger partial charge is 0.313 e. The number of hydrogen-bond donors (Lipinski definition) is 2. The van der Waals surface area contributed by atoms with Gasteiger partial charge >= 0.3 is 5.97 Å². The fourth-order valence-corrected chi connectivity index (χ4v) is 5.12. The Morgan fingerprint density at radius 2 is 2.14 bits per heavy atom. The molecule has 0 spiro atoms. The fourth-order valence-electron chi connectivity index (χ4n) is 5.12. The highest BCUT2D eigenvalue weighted by Gasteiger charge is 2.48. The summed E-state index contributed by atoms with van der Waals surface area (Å²) >= 11 is 0. The van der Waals surface area contributed by atoms with Crippen molar-refractivity contribution in [3.05, 3.63) is 45.7 Å². The highest BCUT2D eigenvalue weighted by atomic mass is 16.4. The topological polar surface area (TPSA) is 82.8 Å². The van der Waals surface area contributed by atoms with E-state index in [2.05, 4.69) is 17.0 Å². The van der Waals surface area contributed by atoms with Crippen LogP contribution in [0.15, 0.2) is 29.1 Å². The van der Waals surface area contributed by atoms with Crippen LogP contribution in [0.25, 0.3) is 10.9 Å². The number of rotatable bonds is 5. The van der Waals surface area contributed by atoms with Crippen LogP contribution >= 0.6 is 0 Å². The Morgan fingerprint density at radius 3 is 2.89 bits per heavy atom. The molecule has 0 bridgehead atoms. The summed E-state index contributed by atoms with van der Waals surface area (Å²) in [5.74, 6) is -0.927. The molecule has 1 saturated heterocycles. The molecule has 6 heteroatoms. The van der Waals surface area contributed by atoms with E-state index in [0.29, 0.717) is 38.9 Å². The first-order valence-electron chi connectivity index (χ1n) is 10.2. The Bertz CT molecular complexity index is 967. The van der Waals surface area contributed by atoms with Gasteiger partial charge in [-0.3, -0.25) is 14.5 Å². The number of pyridine rings is 1. The SMILES string of the molecule is CCC[C@@]1(C(=O)O)CN(Cc2cc(=O)n3c4c(cccc24)CCC3)CC[C@@H]1O. The molecule has 6 nitrogen and oxygen atoms in total. The Balaban J connectivity index is 1.70. The van der Waals surface area contributed by atoms with Crippen molar-refractivity contribution >= 4 is 16.9 Å². The lowest BCUT2D eigenvalue weighted by atomic mass is 9.74. The van der Waals surface area contributed by atoms with Gasteiger partial charge in [-0.2, -0.15) is 0 Å². The standard InChI is InChI=1S/C22H28N2O4/c1-2-9-22(21(27)28)14-23(11-8-18(22)25)13-16-12-19(26)24-10-4-6-15-5-3-7-17(16)20(15)24/h3,5,7,12,18,25H,2,4,6,8-11,13-14H2,1H3,(H,27,28)/t18-,22+/m0/s1. The summed E-state index contributed by atoms with van der Waals surface area (Å²) in [5, 5.41) is 21.4. The van der Waals surface area contributed by atoms with Crippen LogP contribution < -0.4 is 5.56 Å². The molecule has 0 amide bonds. The van der Waals surface area contributed by atoms with Gasteiger partial charge in [-0.1, -0.05) is 31.5 Å². The van der Waals surface area contributed by atoms with Crippen molar-refractivity contribution in [3.63, 3.8) is 0 Å². The number of aliphatic hydroxyl groups is 1. The highest BCUT2D eigenvalue weighted by Crippen LogP contribution is 2.36. The van der Waals surface area contributed by atoms with Gasteiger partial charge < -0.3 is 14.8 Å². The Labute approximate surface area is 164 Å². The predicted molar refractivity (Wildman–Crippen MR) is 107 cm³/mol. The van der Waals surface area contributed by atoms with Crippen LogP contribution in [0.1, 0.15) is 43.7 Å². The number of para-hydroxylation sites is 1. The fraction of sp³-hybridized carbons (Fsp3) is 0.545. The van der Waals surface area contributed by atoms with Gasteiger partial charge in [-0.15, -0.1) is 0 Å². The molecule has 4 rings (SSSR count). The summed E-state index contributed by atoms with van der Waals surface area (Å²) in [5.41, 5.74) is 2.08. The van der Waals surface area contributed by atoms with Gasteiger partial charge in [-0.25, -0.2) is 0 Å². The summed E-state index contributed by atoms with van der Waals surface area (Å²) < 4.78 is 1.87. The predicted octanol–water partition coefficient (Wildman–Crippen LogP) is 2.39. The van der Waals surface area contributed by atoms with Gasteiger partial charge in [0.2, 0.25) is 0 Å². The van der Waals surface area contributed by atoms with Crippen molar-refractivity contribution in [1.29, 1.82) is 0 Å². The molecule has 1 aromatic carbocycles. The second-order valence-corrected chi connectivity index (χ2v) is 8.30. The first-order valence-corrected chi connectivity index (χ1v) is 10.2. The lowest BCUT2D eigenvalue weighted by molar-refractivity contribution is -0.164. The zero-order chi connectivity index (χ0) is 19.9. The molecule has 1 aromatic heterocycles. The number of carbonyl (C=O) groups is 1. The number of piperidine rings is 1. The molecule has 0 unspecified atom stereocenters. The van der Waals surface area contributed by atoms with Gasteiger partial charge in [0.15, 0.2) is 0 Å². The molecule has 150 valence electrons. The maximum absolute atomic E-state index is 12.7. The van der Waals surface area contributed by atoms with Crippen LogP contribution in [0.5, 0.6) is 0 Å². The van der Waals surface area contributed by atoms with E-state index in [4.69, 9.17) is 0 Å². The van der Waals surface area contributed by atoms with Crippen LogP contribution in [-0.2, 0) is 24.3 Å². The summed E-state index contributed by atoms with van der Waals surface area (Å²) in [6.45, 7) is 4.16. The molecule has 0 radical (unpaired) electrons. The second kappa shape index (κ2) is 7.33. The minimum absolute atomic E-state index is 0.0183. The lowest BCUT2D eigenvalue weighted by Crippen LogP contribution is -2.55. The van der Waals surface area contributed by atoms with E-state index in [1.54, 1.807) is 6.07 Å². The third-order valence-electron chi connectivity index (χ3n) is 6.51. The van der Waals surface area contributed by atoms with E-state index in [1.807, 2.05) is 17.6 Å². The van der Waals surface area contributed by atoms with E-state index in [-0.39, 0.29) is 5.56 Å². The molecule has 2 aliphatic rings. The number of nitrogens with zero attached hydrogens (tertiary/aromatic N) is 2. The van der Waals surface area contributed by atoms with Gasteiger partial charge in [0.05, 0.1) is 11.6 Å². The maximum Gasteiger partial charge on any atom is 0.313 e. The van der Waals surface area contributed by atoms with Crippen LogP contribution in [0, 0.1) is 5.41 Å². The Morgan fingerprint density at radius 1 is 1.32 bits per heavy atom. The van der Waals surface area contributed by atoms with Crippen LogP contribution in [-0.4, -0.2) is 44.8 Å². The van der Waals surface area contributed by atoms with Crippen LogP contribution in [0.3, 0.4) is 0 Å². The molecule has 2 atom stereocenters. The third-order valence-corrected chi connectivity index (χ3v) is 6.51. The normalized spacial score (nSPS) is 25.1. The van der Waals surface area contributed by atoms with Crippen LogP contribution in [0.2, 0.25) is 0 Å². The average molecular weight is 384 g/mol. The molecular weight excluding hydrogens is 356 g/mol. The summed E-state index contributed by atoms with van der Waals surface area (Å²) in [6.07, 6.45) is 2.73. The summed E-state index contributed by atoms with van der Waals surface area (Å²) in [7, 11) is 0. The second-order valence-electron chi connectivity index (χ2n) is 8.30. The van der Waals surface area contributed by atoms with Gasteiger partial charge in [0, 0.05) is 37.6 Å². The molecule has 28 heavy (non-hydrogen) atoms. The monoisotopic (exact) mass is 384 g/mol. The number of aromatic nitrogens is 1. The van der Waals surface area contributed by atoms with E-state index in [9.17, 15) is 19.8 Å². The van der Waals surface area contributed by atoms with E-state index in [1.165, 1.54) is 5.56 Å². The van der Waals surface area contributed by atoms with Gasteiger partial charge in [-0.05, 0) is 36.8 Å². The molecule has 3 heterocycles. The number of carboxylic acid groups (broad SMARTS) is 1. The summed E-state index contributed by atoms with van der Waals surface area (Å²) in [4.78, 5) is 26.8.